The molecule has 8 nitrogen and oxygen atoms in total. The van der Waals surface area contributed by atoms with Gasteiger partial charge in [-0.3, -0.25) is 12.7 Å². The fourth-order valence-electron chi connectivity index (χ4n) is 5.57. The van der Waals surface area contributed by atoms with Crippen LogP contribution in [-0.4, -0.2) is 95.1 Å². The first kappa shape index (κ1) is 28.1. The third kappa shape index (κ3) is 7.05. The van der Waals surface area contributed by atoms with Gasteiger partial charge in [0, 0.05) is 73.8 Å². The van der Waals surface area contributed by atoms with Crippen LogP contribution < -0.4 is 5.32 Å². The topological polar surface area (TPSA) is 74.3 Å². The van der Waals surface area contributed by atoms with Crippen molar-refractivity contribution in [2.75, 3.05) is 46.4 Å². The lowest BCUT2D eigenvalue weighted by Crippen LogP contribution is -2.64. The molecule has 3 rings (SSSR count). The summed E-state index contributed by atoms with van der Waals surface area (Å²) in [5.41, 5.74) is 0. The van der Waals surface area contributed by atoms with Crippen LogP contribution in [-0.2, 0) is 19.1 Å². The fourth-order valence-corrected chi connectivity index (χ4v) is 6.13. The average molecular weight is 593 g/mol. The van der Waals surface area contributed by atoms with Gasteiger partial charge in [-0.15, -0.1) is 0 Å². The minimum atomic E-state index is -0.586. The lowest BCUT2D eigenvalue weighted by atomic mass is 9.92. The van der Waals surface area contributed by atoms with Crippen molar-refractivity contribution in [3.8, 4) is 0 Å². The molecule has 0 radical (unpaired) electrons. The third-order valence-corrected chi connectivity index (χ3v) is 7.61. The molecule has 3 atom stereocenters. The van der Waals surface area contributed by atoms with Crippen LogP contribution in [0.15, 0.2) is 0 Å². The molecule has 3 heterocycles. The minimum Gasteiger partial charge on any atom is -0.349 e. The second kappa shape index (κ2) is 12.2. The molecule has 196 valence electrons. The molecule has 0 aliphatic carbocycles. The van der Waals surface area contributed by atoms with Gasteiger partial charge in [0.15, 0.2) is 5.79 Å². The molecule has 3 fully saturated rings. The standard InChI is InChI=1S/C25H45IN4O4/c1-17(2)11-21-23(31)30(10-8-27-21)22(12-18(3)4)24(32)29-9-7-25(13-19(29)5)33-15-20(16-34-25)14-28(6)26/h17-22,27H,7-16H2,1-6H3/t19-,20?,21-,22-,25?/m0/s1. The Bertz CT molecular complexity index is 696. The van der Waals surface area contributed by atoms with Crippen LogP contribution in [0.25, 0.3) is 0 Å². The number of halogens is 1. The minimum absolute atomic E-state index is 0.00388. The molecule has 0 saturated carbocycles. The van der Waals surface area contributed by atoms with Crippen molar-refractivity contribution in [1.29, 1.82) is 0 Å². The van der Waals surface area contributed by atoms with Crippen LogP contribution in [0.2, 0.25) is 0 Å². The van der Waals surface area contributed by atoms with E-state index in [0.717, 1.165) is 19.5 Å². The Morgan fingerprint density at radius 2 is 1.88 bits per heavy atom. The van der Waals surface area contributed by atoms with Crippen molar-refractivity contribution < 1.29 is 19.1 Å². The van der Waals surface area contributed by atoms with Crippen molar-refractivity contribution >= 4 is 34.7 Å². The number of rotatable bonds is 8. The van der Waals surface area contributed by atoms with E-state index in [0.29, 0.717) is 63.3 Å². The van der Waals surface area contributed by atoms with Gasteiger partial charge in [-0.25, -0.2) is 0 Å². The number of amides is 2. The fraction of sp³-hybridized carbons (Fsp3) is 0.920. The molecule has 1 spiro atoms. The summed E-state index contributed by atoms with van der Waals surface area (Å²) in [4.78, 5) is 31.1. The maximum atomic E-state index is 13.9. The number of piperidine rings is 1. The Balaban J connectivity index is 1.67. The quantitative estimate of drug-likeness (QED) is 0.346. The third-order valence-electron chi connectivity index (χ3n) is 7.22. The first-order chi connectivity index (χ1) is 16.0. The number of nitrogens with zero attached hydrogens (tertiary/aromatic N) is 3. The van der Waals surface area contributed by atoms with Crippen molar-refractivity contribution in [3.63, 3.8) is 0 Å². The van der Waals surface area contributed by atoms with Crippen molar-refractivity contribution in [3.05, 3.63) is 0 Å². The zero-order valence-electron chi connectivity index (χ0n) is 21.9. The molecule has 0 bridgehead atoms. The molecule has 0 aromatic heterocycles. The molecule has 34 heavy (non-hydrogen) atoms. The number of piperazine rings is 1. The van der Waals surface area contributed by atoms with Gasteiger partial charge in [-0.05, 0) is 38.6 Å². The summed E-state index contributed by atoms with van der Waals surface area (Å²) in [6, 6.07) is -0.599. The largest absolute Gasteiger partial charge is 0.349 e. The van der Waals surface area contributed by atoms with E-state index in [2.05, 4.69) is 73.0 Å². The lowest BCUT2D eigenvalue weighted by molar-refractivity contribution is -0.302. The van der Waals surface area contributed by atoms with E-state index >= 15 is 0 Å². The van der Waals surface area contributed by atoms with E-state index < -0.39 is 11.8 Å². The second-order valence-electron chi connectivity index (χ2n) is 11.3. The molecule has 3 saturated heterocycles. The Hall–Kier alpha value is -0.490. The van der Waals surface area contributed by atoms with Crippen LogP contribution >= 0.6 is 22.9 Å². The van der Waals surface area contributed by atoms with Gasteiger partial charge in [-0.2, -0.15) is 0 Å². The Kier molecular flexibility index (Phi) is 10.0. The highest BCUT2D eigenvalue weighted by molar-refractivity contribution is 14.1. The van der Waals surface area contributed by atoms with Crippen LogP contribution in [0, 0.1) is 17.8 Å². The van der Waals surface area contributed by atoms with E-state index in [9.17, 15) is 9.59 Å². The van der Waals surface area contributed by atoms with Crippen LogP contribution in [0.1, 0.15) is 60.3 Å². The smallest absolute Gasteiger partial charge is 0.245 e. The maximum absolute atomic E-state index is 13.9. The monoisotopic (exact) mass is 592 g/mol. The molecule has 1 N–H and O–H groups in total. The predicted octanol–water partition coefficient (Wildman–Crippen LogP) is 2.90. The van der Waals surface area contributed by atoms with Gasteiger partial charge < -0.3 is 24.6 Å². The summed E-state index contributed by atoms with van der Waals surface area (Å²) in [6.07, 6.45) is 2.83. The van der Waals surface area contributed by atoms with Gasteiger partial charge in [0.05, 0.1) is 19.3 Å². The Labute approximate surface area is 219 Å². The molecular weight excluding hydrogens is 547 g/mol. The highest BCUT2D eigenvalue weighted by Crippen LogP contribution is 2.36. The van der Waals surface area contributed by atoms with E-state index in [1.807, 2.05) is 9.80 Å². The first-order valence-electron chi connectivity index (χ1n) is 13.0. The molecule has 0 aromatic rings. The Morgan fingerprint density at radius 3 is 2.44 bits per heavy atom. The van der Waals surface area contributed by atoms with Gasteiger partial charge >= 0.3 is 0 Å². The van der Waals surface area contributed by atoms with Gasteiger partial charge in [0.1, 0.15) is 6.04 Å². The van der Waals surface area contributed by atoms with E-state index in [4.69, 9.17) is 9.47 Å². The van der Waals surface area contributed by atoms with Crippen LogP contribution in [0.3, 0.4) is 0 Å². The van der Waals surface area contributed by atoms with Gasteiger partial charge in [0.25, 0.3) is 0 Å². The summed E-state index contributed by atoms with van der Waals surface area (Å²) < 4.78 is 14.7. The highest BCUT2D eigenvalue weighted by Gasteiger charge is 2.47. The molecule has 0 unspecified atom stereocenters. The van der Waals surface area contributed by atoms with Gasteiger partial charge in [0.2, 0.25) is 11.8 Å². The van der Waals surface area contributed by atoms with E-state index in [-0.39, 0.29) is 23.9 Å². The molecule has 9 heteroatoms. The average Bonchev–Trinajstić information content (AvgIpc) is 2.74. The second-order valence-corrected chi connectivity index (χ2v) is 13.0. The molecule has 2 amide bonds. The lowest BCUT2D eigenvalue weighted by Gasteiger charge is -2.49. The number of carbonyl (C=O) groups is 2. The first-order valence-corrected chi connectivity index (χ1v) is 14.0. The summed E-state index contributed by atoms with van der Waals surface area (Å²) in [5.74, 6) is 0.684. The summed E-state index contributed by atoms with van der Waals surface area (Å²) in [7, 11) is 2.05. The molecule has 3 aliphatic rings. The zero-order valence-corrected chi connectivity index (χ0v) is 24.0. The van der Waals surface area contributed by atoms with Gasteiger partial charge in [-0.1, -0.05) is 27.7 Å². The van der Waals surface area contributed by atoms with Crippen LogP contribution in [0.5, 0.6) is 0 Å². The van der Waals surface area contributed by atoms with E-state index in [1.165, 1.54) is 0 Å². The highest BCUT2D eigenvalue weighted by atomic mass is 127. The predicted molar refractivity (Wildman–Crippen MR) is 141 cm³/mol. The number of likely N-dealkylation sites (tertiary alicyclic amines) is 1. The summed E-state index contributed by atoms with van der Waals surface area (Å²) in [5, 5.41) is 3.37. The van der Waals surface area contributed by atoms with Crippen molar-refractivity contribution in [2.24, 2.45) is 17.8 Å². The number of hydrogen-bond acceptors (Lipinski definition) is 6. The maximum Gasteiger partial charge on any atom is 0.245 e. The SMILES string of the molecule is CC(C)C[C@@H]1NCCN([C@@H](CC(C)C)C(=O)N2CCC3(C[C@@H]2C)OCC(CN(C)I)CO3)C1=O. The molecule has 0 aromatic carbocycles. The normalized spacial score (nSPS) is 31.7. The van der Waals surface area contributed by atoms with Crippen molar-refractivity contribution in [2.45, 2.75) is 84.2 Å². The summed E-state index contributed by atoms with van der Waals surface area (Å²) in [6.45, 7) is 14.8. The van der Waals surface area contributed by atoms with Crippen molar-refractivity contribution in [1.82, 2.24) is 18.2 Å². The van der Waals surface area contributed by atoms with Crippen LogP contribution in [0.4, 0.5) is 0 Å². The number of hydrogen-bond donors (Lipinski definition) is 1. The molecule has 3 aliphatic heterocycles. The number of nitrogens with one attached hydrogen (secondary N) is 1. The Morgan fingerprint density at radius 1 is 1.21 bits per heavy atom. The summed E-state index contributed by atoms with van der Waals surface area (Å²) >= 11 is 2.29. The number of ether oxygens (including phenoxy) is 2. The number of carbonyl (C=O) groups excluding carboxylic acids is 2. The van der Waals surface area contributed by atoms with E-state index in [1.54, 1.807) is 0 Å². The zero-order chi connectivity index (χ0) is 25.0. The molecular formula is C25H45IN4O4.